The van der Waals surface area contributed by atoms with Gasteiger partial charge in [-0.15, -0.1) is 0 Å². The SMILES string of the molecule is Cc1[nH]ncc1CCCNS(=O)(=O)c1ncccc1NN. The maximum atomic E-state index is 12.2. The number of nitrogens with one attached hydrogen (secondary N) is 3. The van der Waals surface area contributed by atoms with Crippen LogP contribution in [0.4, 0.5) is 5.69 Å². The summed E-state index contributed by atoms with van der Waals surface area (Å²) >= 11 is 0. The van der Waals surface area contributed by atoms with E-state index < -0.39 is 10.0 Å². The Morgan fingerprint density at radius 2 is 2.24 bits per heavy atom. The van der Waals surface area contributed by atoms with Gasteiger partial charge in [0.1, 0.15) is 0 Å². The molecule has 2 rings (SSSR count). The molecule has 0 aliphatic rings. The molecule has 21 heavy (non-hydrogen) atoms. The number of nitrogen functional groups attached to an aromatic ring is 1. The molecule has 9 heteroatoms. The van der Waals surface area contributed by atoms with Crippen LogP contribution in [0.1, 0.15) is 17.7 Å². The number of hydrogen-bond donors (Lipinski definition) is 4. The van der Waals surface area contributed by atoms with Crippen LogP contribution in [0.3, 0.4) is 0 Å². The molecule has 0 saturated heterocycles. The van der Waals surface area contributed by atoms with Crippen molar-refractivity contribution in [2.24, 2.45) is 5.84 Å². The Hall–Kier alpha value is -1.97. The molecule has 2 aromatic heterocycles. The van der Waals surface area contributed by atoms with Crippen LogP contribution in [0.15, 0.2) is 29.6 Å². The molecule has 5 N–H and O–H groups in total. The lowest BCUT2D eigenvalue weighted by Gasteiger charge is -2.09. The number of aromatic nitrogens is 3. The predicted molar refractivity (Wildman–Crippen MR) is 78.9 cm³/mol. The Balaban J connectivity index is 1.94. The average Bonchev–Trinajstić information content (AvgIpc) is 2.89. The molecule has 2 heterocycles. The van der Waals surface area contributed by atoms with Crippen LogP contribution in [-0.4, -0.2) is 30.1 Å². The van der Waals surface area contributed by atoms with Crippen LogP contribution in [0.2, 0.25) is 0 Å². The van der Waals surface area contributed by atoms with Gasteiger partial charge in [-0.3, -0.25) is 10.9 Å². The number of nitrogens with two attached hydrogens (primary N) is 1. The van der Waals surface area contributed by atoms with E-state index in [2.05, 4.69) is 25.3 Å². The molecule has 0 saturated carbocycles. The average molecular weight is 310 g/mol. The molecule has 0 radical (unpaired) electrons. The van der Waals surface area contributed by atoms with Gasteiger partial charge >= 0.3 is 0 Å². The van der Waals surface area contributed by atoms with Crippen LogP contribution in [0.25, 0.3) is 0 Å². The second-order valence-corrected chi connectivity index (χ2v) is 6.20. The van der Waals surface area contributed by atoms with E-state index in [4.69, 9.17) is 5.84 Å². The van der Waals surface area contributed by atoms with Crippen molar-refractivity contribution in [2.75, 3.05) is 12.0 Å². The third-order valence-electron chi connectivity index (χ3n) is 3.03. The molecule has 0 aliphatic heterocycles. The summed E-state index contributed by atoms with van der Waals surface area (Å²) in [7, 11) is -3.68. The number of H-pyrrole nitrogens is 1. The first-order chi connectivity index (χ1) is 10.0. The first kappa shape index (κ1) is 15.4. The molecular weight excluding hydrogens is 292 g/mol. The molecule has 0 bridgehead atoms. The molecule has 8 nitrogen and oxygen atoms in total. The highest BCUT2D eigenvalue weighted by Gasteiger charge is 2.19. The van der Waals surface area contributed by atoms with Gasteiger partial charge in [0, 0.05) is 18.4 Å². The van der Waals surface area contributed by atoms with Gasteiger partial charge in [-0.2, -0.15) is 5.10 Å². The van der Waals surface area contributed by atoms with E-state index in [9.17, 15) is 8.42 Å². The van der Waals surface area contributed by atoms with Gasteiger partial charge in [-0.25, -0.2) is 18.1 Å². The number of pyridine rings is 1. The topological polar surface area (TPSA) is 126 Å². The largest absolute Gasteiger partial charge is 0.321 e. The molecule has 114 valence electrons. The number of aryl methyl sites for hydroxylation is 2. The van der Waals surface area contributed by atoms with Crippen LogP contribution in [-0.2, 0) is 16.4 Å². The second-order valence-electron chi connectivity index (χ2n) is 4.52. The Labute approximate surface area is 123 Å². The minimum absolute atomic E-state index is 0.105. The van der Waals surface area contributed by atoms with Crippen LogP contribution < -0.4 is 16.0 Å². The summed E-state index contributed by atoms with van der Waals surface area (Å²) in [5.41, 5.74) is 4.67. The Kier molecular flexibility index (Phi) is 4.89. The third-order valence-corrected chi connectivity index (χ3v) is 4.45. The first-order valence-electron chi connectivity index (χ1n) is 6.44. The van der Waals surface area contributed by atoms with Gasteiger partial charge in [-0.05, 0) is 37.5 Å². The molecule has 0 fully saturated rings. The number of anilines is 1. The molecular formula is C12H18N6O2S. The van der Waals surface area contributed by atoms with Crippen molar-refractivity contribution in [3.8, 4) is 0 Å². The fraction of sp³-hybridized carbons (Fsp3) is 0.333. The lowest BCUT2D eigenvalue weighted by molar-refractivity contribution is 0.575. The lowest BCUT2D eigenvalue weighted by atomic mass is 10.1. The maximum absolute atomic E-state index is 12.2. The molecule has 0 aromatic carbocycles. The zero-order chi connectivity index (χ0) is 15.3. The van der Waals surface area contributed by atoms with Gasteiger partial charge in [-0.1, -0.05) is 0 Å². The van der Waals surface area contributed by atoms with Gasteiger partial charge in [0.2, 0.25) is 0 Å². The van der Waals surface area contributed by atoms with Gasteiger partial charge in [0.15, 0.2) is 5.03 Å². The second kappa shape index (κ2) is 6.66. The van der Waals surface area contributed by atoms with E-state index in [-0.39, 0.29) is 10.7 Å². The fourth-order valence-electron chi connectivity index (χ4n) is 1.90. The van der Waals surface area contributed by atoms with Crippen LogP contribution >= 0.6 is 0 Å². The first-order valence-corrected chi connectivity index (χ1v) is 7.93. The normalized spacial score (nSPS) is 11.5. The Bertz CT molecular complexity index is 697. The Morgan fingerprint density at radius 3 is 2.90 bits per heavy atom. The fourth-order valence-corrected chi connectivity index (χ4v) is 3.06. The minimum atomic E-state index is -3.68. The standard InChI is InChI=1S/C12H18N6O2S/c1-9-10(8-15-18-9)4-2-7-16-21(19,20)12-11(17-13)5-3-6-14-12/h3,5-6,8,16-17H,2,4,7,13H2,1H3,(H,15,18). The number of rotatable bonds is 7. The molecule has 0 spiro atoms. The van der Waals surface area contributed by atoms with Crippen molar-refractivity contribution in [1.82, 2.24) is 19.9 Å². The van der Waals surface area contributed by atoms with Crippen molar-refractivity contribution in [3.05, 3.63) is 35.8 Å². The molecule has 0 atom stereocenters. The molecule has 0 unspecified atom stereocenters. The zero-order valence-electron chi connectivity index (χ0n) is 11.6. The lowest BCUT2D eigenvalue weighted by Crippen LogP contribution is -2.27. The van der Waals surface area contributed by atoms with E-state index in [1.165, 1.54) is 6.20 Å². The van der Waals surface area contributed by atoms with E-state index in [0.29, 0.717) is 13.0 Å². The van der Waals surface area contributed by atoms with E-state index >= 15 is 0 Å². The molecule has 0 aliphatic carbocycles. The van der Waals surface area contributed by atoms with Crippen molar-refractivity contribution < 1.29 is 8.42 Å². The summed E-state index contributed by atoms with van der Waals surface area (Å²) in [6.45, 7) is 2.24. The highest BCUT2D eigenvalue weighted by molar-refractivity contribution is 7.89. The van der Waals surface area contributed by atoms with Crippen molar-refractivity contribution >= 4 is 15.7 Å². The van der Waals surface area contributed by atoms with Crippen molar-refractivity contribution in [3.63, 3.8) is 0 Å². The number of hydrogen-bond acceptors (Lipinski definition) is 6. The number of hydrazine groups is 1. The summed E-state index contributed by atoms with van der Waals surface area (Å²) < 4.78 is 26.8. The summed E-state index contributed by atoms with van der Waals surface area (Å²) in [5.74, 6) is 5.29. The van der Waals surface area contributed by atoms with Crippen molar-refractivity contribution in [1.29, 1.82) is 0 Å². The van der Waals surface area contributed by atoms with Gasteiger partial charge in [0.05, 0.1) is 11.9 Å². The smallest absolute Gasteiger partial charge is 0.260 e. The van der Waals surface area contributed by atoms with E-state index in [0.717, 1.165) is 17.7 Å². The number of aromatic amines is 1. The summed E-state index contributed by atoms with van der Waals surface area (Å²) in [5, 5.41) is 6.66. The molecule has 0 amide bonds. The number of nitrogens with zero attached hydrogens (tertiary/aromatic N) is 2. The van der Waals surface area contributed by atoms with Crippen LogP contribution in [0.5, 0.6) is 0 Å². The highest BCUT2D eigenvalue weighted by Crippen LogP contribution is 2.16. The third kappa shape index (κ3) is 3.78. The predicted octanol–water partition coefficient (Wildman–Crippen LogP) is 0.310. The van der Waals surface area contributed by atoms with Crippen LogP contribution in [0, 0.1) is 6.92 Å². The summed E-state index contributed by atoms with van der Waals surface area (Å²) in [6.07, 6.45) is 4.57. The summed E-state index contributed by atoms with van der Waals surface area (Å²) in [6, 6.07) is 3.16. The minimum Gasteiger partial charge on any atom is -0.321 e. The quantitative estimate of drug-likeness (QED) is 0.331. The highest BCUT2D eigenvalue weighted by atomic mass is 32.2. The monoisotopic (exact) mass is 310 g/mol. The van der Waals surface area contributed by atoms with Gasteiger partial charge < -0.3 is 5.43 Å². The molecule has 2 aromatic rings. The van der Waals surface area contributed by atoms with Gasteiger partial charge in [0.25, 0.3) is 10.0 Å². The Morgan fingerprint density at radius 1 is 1.43 bits per heavy atom. The maximum Gasteiger partial charge on any atom is 0.260 e. The van der Waals surface area contributed by atoms with Crippen molar-refractivity contribution in [2.45, 2.75) is 24.8 Å². The van der Waals surface area contributed by atoms with E-state index in [1.807, 2.05) is 6.92 Å². The number of sulfonamides is 1. The summed E-state index contributed by atoms with van der Waals surface area (Å²) in [4.78, 5) is 3.86. The zero-order valence-corrected chi connectivity index (χ0v) is 12.4. The van der Waals surface area contributed by atoms with E-state index in [1.54, 1.807) is 18.3 Å².